The Balaban J connectivity index is 0.000000169. The Bertz CT molecular complexity index is 5060. The van der Waals surface area contributed by atoms with Gasteiger partial charge >= 0.3 is 51.4 Å². The number of hydrogen-bond donors (Lipinski definition) is 1. The number of aromatic hydroxyl groups is 1. The van der Waals surface area contributed by atoms with E-state index in [4.69, 9.17) is 52.1 Å². The van der Waals surface area contributed by atoms with Crippen molar-refractivity contribution in [3.05, 3.63) is 414 Å². The average molecular weight is 1580 g/mol. The zero-order chi connectivity index (χ0) is 81.5. The quantitative estimate of drug-likeness (QED) is 0.0246. The number of phenolic OH excluding ortho intramolecular Hbond substituents is 1. The number of carbonyl (C=O) groups excluding carboxylic acids is 2. The first-order valence-electron chi connectivity index (χ1n) is 37.2. The third kappa shape index (κ3) is 28.5. The average Bonchev–Trinajstić information content (AvgIpc) is 0.805. The smallest absolute Gasteiger partial charge is 0.872 e. The van der Waals surface area contributed by atoms with Gasteiger partial charge < -0.3 is 62.3 Å². The Morgan fingerprint density at radius 3 is 1.12 bits per heavy atom. The van der Waals surface area contributed by atoms with Crippen molar-refractivity contribution in [3.8, 4) is 74.7 Å². The van der Waals surface area contributed by atoms with Crippen molar-refractivity contribution in [3.63, 3.8) is 0 Å². The molecule has 13 aromatic carbocycles. The fraction of sp³-hybridized carbons (Fsp3) is 0.109. The van der Waals surface area contributed by atoms with Crippen LogP contribution in [0.25, 0.3) is 35.5 Å². The predicted octanol–water partition coefficient (Wildman–Crippen LogP) is 19.2. The fourth-order valence-electron chi connectivity index (χ4n) is 11.3. The van der Waals surface area contributed by atoms with Gasteiger partial charge in [0.25, 0.3) is 0 Å². The van der Waals surface area contributed by atoms with E-state index in [0.717, 1.165) is 101 Å². The van der Waals surface area contributed by atoms with Gasteiger partial charge in [0.2, 0.25) is 0 Å². The molecule has 1 N–H and O–H groups in total. The molecular formula is C101H91KO15. The third-order valence-corrected chi connectivity index (χ3v) is 17.8. The molecule has 0 saturated carbocycles. The molecule has 0 bridgehead atoms. The number of benzene rings is 13. The number of carbonyl (C=O) groups is 2. The number of aldehydes is 1. The third-order valence-electron chi connectivity index (χ3n) is 17.8. The minimum Gasteiger partial charge on any atom is -0.872 e. The molecule has 586 valence electrons. The van der Waals surface area contributed by atoms with E-state index in [9.17, 15) is 19.8 Å². The van der Waals surface area contributed by atoms with Crippen LogP contribution < -0.4 is 109 Å². The van der Waals surface area contributed by atoms with Crippen LogP contribution in [-0.4, -0.2) is 58.3 Å². The van der Waals surface area contributed by atoms with Crippen molar-refractivity contribution < 1.29 is 123 Å². The first kappa shape index (κ1) is 87.9. The maximum absolute atomic E-state index is 12.4. The second kappa shape index (κ2) is 47.6. The second-order valence-electron chi connectivity index (χ2n) is 25.9. The van der Waals surface area contributed by atoms with Crippen LogP contribution in [0.15, 0.2) is 342 Å². The molecule has 0 amide bonds. The molecule has 13 aromatic rings. The van der Waals surface area contributed by atoms with Crippen molar-refractivity contribution in [1.82, 2.24) is 0 Å². The minimum absolute atomic E-state index is 0. The van der Waals surface area contributed by atoms with Crippen molar-refractivity contribution in [1.29, 1.82) is 0 Å². The first-order chi connectivity index (χ1) is 56.8. The molecule has 0 aromatic heterocycles. The SMILES string of the molecule is C=Cc1ccc(OCc2ccccc2)cc1OCC(=C)c1ccc(OC)cc1.C=Cc1ccc(OCc2ccccc2)cc1OCC(=O)c1ccc(OC)cc1.C=Cc1ccc(OCc2ccccc2)cc1[O-].COc1ccc(C2=Cc3ccc(OCc4ccccc4)cc3OC2)cc1.O=Cc1ccc(OCc2ccccc2)cc1O.[K+]. The van der Waals surface area contributed by atoms with Crippen LogP contribution in [0.2, 0.25) is 0 Å². The number of ether oxygens (including phenoxy) is 11. The van der Waals surface area contributed by atoms with Gasteiger partial charge in [-0.3, -0.25) is 9.59 Å². The molecule has 0 unspecified atom stereocenters. The molecule has 1 aliphatic rings. The normalized spacial score (nSPS) is 10.5. The van der Waals surface area contributed by atoms with E-state index < -0.39 is 0 Å². The molecule has 1 aliphatic heterocycles. The van der Waals surface area contributed by atoms with Gasteiger partial charge in [0.15, 0.2) is 18.7 Å². The van der Waals surface area contributed by atoms with E-state index in [1.165, 1.54) is 18.2 Å². The van der Waals surface area contributed by atoms with Gasteiger partial charge in [-0.1, -0.05) is 232 Å². The van der Waals surface area contributed by atoms with Crippen LogP contribution in [0.1, 0.15) is 81.9 Å². The summed E-state index contributed by atoms with van der Waals surface area (Å²) in [4.78, 5) is 22.9. The molecule has 0 aliphatic carbocycles. The van der Waals surface area contributed by atoms with Crippen LogP contribution in [-0.2, 0) is 33.0 Å². The zero-order valence-electron chi connectivity index (χ0n) is 66.1. The number of phenols is 1. The van der Waals surface area contributed by atoms with Gasteiger partial charge in [-0.05, 0) is 171 Å². The largest absolute Gasteiger partial charge is 1.00 e. The van der Waals surface area contributed by atoms with E-state index in [1.54, 1.807) is 88.1 Å². The van der Waals surface area contributed by atoms with Gasteiger partial charge in [-0.25, -0.2) is 0 Å². The van der Waals surface area contributed by atoms with Crippen molar-refractivity contribution in [2.75, 3.05) is 41.2 Å². The number of hydrogen-bond acceptors (Lipinski definition) is 15. The maximum atomic E-state index is 12.4. The molecule has 0 atom stereocenters. The maximum Gasteiger partial charge on any atom is 1.00 e. The fourth-order valence-corrected chi connectivity index (χ4v) is 11.3. The molecule has 0 radical (unpaired) electrons. The monoisotopic (exact) mass is 1580 g/mol. The van der Waals surface area contributed by atoms with Crippen LogP contribution in [0, 0.1) is 0 Å². The van der Waals surface area contributed by atoms with Gasteiger partial charge in [-0.15, -0.1) is 0 Å². The Hall–Kier alpha value is -13.1. The summed E-state index contributed by atoms with van der Waals surface area (Å²) in [6.07, 6.45) is 7.78. The van der Waals surface area contributed by atoms with E-state index in [1.807, 2.05) is 224 Å². The predicted molar refractivity (Wildman–Crippen MR) is 460 cm³/mol. The topological polar surface area (TPSA) is 179 Å². The van der Waals surface area contributed by atoms with Gasteiger partial charge in [0.05, 0.1) is 26.9 Å². The summed E-state index contributed by atoms with van der Waals surface area (Å²) in [6.45, 7) is 18.6. The molecule has 0 saturated heterocycles. The summed E-state index contributed by atoms with van der Waals surface area (Å²) >= 11 is 0. The zero-order valence-corrected chi connectivity index (χ0v) is 69.2. The Labute approximate surface area is 727 Å². The van der Waals surface area contributed by atoms with Crippen LogP contribution in [0.3, 0.4) is 0 Å². The standard InChI is InChI=1S/C25H24O3.C24H22O4.C23H20O3.C15H14O2.C14H12O3.K/c1-4-21-10-15-24(27-18-20-8-6-5-7-9-20)16-25(21)28-17-19(2)22-11-13-23(26-3)14-12-22;1-3-19-9-14-22(27-16-18-7-5-4-6-8-18)15-24(19)28-17-23(25)20-10-12-21(26-2)13-11-20;1-24-21-10-7-18(8-11-21)20-13-19-9-12-22(14-23(19)26-16-20)25-15-17-5-3-2-4-6-17;1-2-13-8-9-14(10-15(13)16)17-11-12-6-4-3-5-7-12;15-9-12-6-7-13(8-14(12)16)17-10-11-4-2-1-3-5-11;/h4-16H,1-2,17-18H2,3H3;3-15H,1,16-17H2,2H3;2-14H,15-16H2,1H3;2-10,16H,1,11H2;1-9,16H,10H2;/q;;;;;+1/p-1. The van der Waals surface area contributed by atoms with Gasteiger partial charge in [0.1, 0.15) is 115 Å². The molecule has 0 fully saturated rings. The van der Waals surface area contributed by atoms with Gasteiger partial charge in [0, 0.05) is 46.5 Å². The first-order valence-corrected chi connectivity index (χ1v) is 37.2. The Kier molecular flexibility index (Phi) is 35.7. The summed E-state index contributed by atoms with van der Waals surface area (Å²) in [5, 5.41) is 21.0. The van der Waals surface area contributed by atoms with E-state index in [2.05, 4.69) is 56.7 Å². The van der Waals surface area contributed by atoms with E-state index in [0.29, 0.717) is 92.4 Å². The number of ketones is 1. The molecular weight excluding hydrogens is 1490 g/mol. The summed E-state index contributed by atoms with van der Waals surface area (Å²) in [6, 6.07) is 99.3. The number of rotatable bonds is 31. The summed E-state index contributed by atoms with van der Waals surface area (Å²) < 4.78 is 61.9. The van der Waals surface area contributed by atoms with Crippen molar-refractivity contribution in [2.24, 2.45) is 0 Å². The van der Waals surface area contributed by atoms with Crippen LogP contribution in [0.5, 0.6) is 74.7 Å². The van der Waals surface area contributed by atoms with Crippen molar-refractivity contribution >= 4 is 47.5 Å². The Morgan fingerprint density at radius 1 is 0.393 bits per heavy atom. The van der Waals surface area contributed by atoms with Crippen LogP contribution >= 0.6 is 0 Å². The summed E-state index contributed by atoms with van der Waals surface area (Å²) in [7, 11) is 4.91. The molecule has 15 nitrogen and oxygen atoms in total. The number of methoxy groups -OCH3 is 3. The van der Waals surface area contributed by atoms with Crippen LogP contribution in [0.4, 0.5) is 0 Å². The number of fused-ring (bicyclic) bond motifs is 1. The second-order valence-corrected chi connectivity index (χ2v) is 25.9. The summed E-state index contributed by atoms with van der Waals surface area (Å²) in [5.74, 6) is 7.61. The molecule has 0 spiro atoms. The van der Waals surface area contributed by atoms with E-state index >= 15 is 0 Å². The van der Waals surface area contributed by atoms with E-state index in [-0.39, 0.29) is 80.8 Å². The molecule has 117 heavy (non-hydrogen) atoms. The Morgan fingerprint density at radius 2 is 0.735 bits per heavy atom. The molecule has 1 heterocycles. The minimum atomic E-state index is -0.117. The molecule has 14 rings (SSSR count). The molecule has 16 heteroatoms. The number of Topliss-reactive ketones (excluding diaryl/α,β-unsaturated/α-hetero) is 1. The summed E-state index contributed by atoms with van der Waals surface area (Å²) in [5.41, 5.74) is 13.8. The van der Waals surface area contributed by atoms with Gasteiger partial charge in [-0.2, -0.15) is 0 Å². The van der Waals surface area contributed by atoms with Crippen molar-refractivity contribution in [2.45, 2.75) is 33.0 Å².